The van der Waals surface area contributed by atoms with Gasteiger partial charge in [0.1, 0.15) is 56.6 Å². The number of ether oxygens (including phenoxy) is 8. The molecule has 8 fully saturated rings. The van der Waals surface area contributed by atoms with Gasteiger partial charge in [0.25, 0.3) is 0 Å². The Hall–Kier alpha value is -2.52. The minimum Gasteiger partial charge on any atom is -0.491 e. The monoisotopic (exact) mass is 576 g/mol. The lowest BCUT2D eigenvalue weighted by Gasteiger charge is -2.63. The van der Waals surface area contributed by atoms with Gasteiger partial charge in [-0.1, -0.05) is 18.2 Å². The fourth-order valence-corrected chi connectivity index (χ4v) is 8.56. The highest BCUT2D eigenvalue weighted by atomic mass is 16.6. The van der Waals surface area contributed by atoms with Crippen molar-refractivity contribution in [1.82, 2.24) is 0 Å². The fraction of sp³-hybridized carbons (Fsp3) is 0.647. The summed E-state index contributed by atoms with van der Waals surface area (Å²) in [5, 5.41) is 0. The van der Waals surface area contributed by atoms with E-state index in [-0.39, 0.29) is 35.2 Å². The first-order valence-corrected chi connectivity index (χ1v) is 15.9. The molecule has 4 saturated carbocycles. The molecule has 4 bridgehead atoms. The van der Waals surface area contributed by atoms with Crippen LogP contribution in [0.5, 0.6) is 23.0 Å². The summed E-state index contributed by atoms with van der Waals surface area (Å²) >= 11 is 0. The molecule has 8 nitrogen and oxygen atoms in total. The van der Waals surface area contributed by atoms with Crippen molar-refractivity contribution in [3.63, 3.8) is 0 Å². The van der Waals surface area contributed by atoms with E-state index in [1.807, 2.05) is 0 Å². The van der Waals surface area contributed by atoms with Gasteiger partial charge in [0, 0.05) is 11.0 Å². The molecule has 4 heterocycles. The average Bonchev–Trinajstić information content (AvgIpc) is 3.81. The van der Waals surface area contributed by atoms with E-state index in [1.165, 1.54) is 43.2 Å². The van der Waals surface area contributed by atoms with Crippen LogP contribution < -0.4 is 18.9 Å². The first-order valence-electron chi connectivity index (χ1n) is 15.9. The van der Waals surface area contributed by atoms with E-state index < -0.39 is 0 Å². The second-order valence-corrected chi connectivity index (χ2v) is 13.9. The summed E-state index contributed by atoms with van der Waals surface area (Å²) < 4.78 is 47.2. The third kappa shape index (κ3) is 5.14. The summed E-state index contributed by atoms with van der Waals surface area (Å²) in [6.45, 7) is 5.24. The molecule has 0 aromatic heterocycles. The van der Waals surface area contributed by atoms with Gasteiger partial charge in [0.2, 0.25) is 5.75 Å². The Balaban J connectivity index is 1.06. The van der Waals surface area contributed by atoms with Crippen LogP contribution in [0.1, 0.15) is 49.7 Å². The Kier molecular flexibility index (Phi) is 6.18. The Bertz CT molecular complexity index is 1300. The van der Waals surface area contributed by atoms with Crippen LogP contribution in [0.3, 0.4) is 0 Å². The van der Waals surface area contributed by atoms with Crippen LogP contribution in [0.25, 0.3) is 0 Å². The van der Waals surface area contributed by atoms with E-state index in [0.29, 0.717) is 38.3 Å². The Labute approximate surface area is 246 Å². The number of hydrogen-bond donors (Lipinski definition) is 0. The number of epoxide rings is 4. The van der Waals surface area contributed by atoms with Crippen molar-refractivity contribution in [2.45, 2.75) is 73.8 Å². The molecule has 42 heavy (non-hydrogen) atoms. The molecular weight excluding hydrogens is 536 g/mol. The smallest absolute Gasteiger partial charge is 0.203 e. The maximum absolute atomic E-state index is 6.67. The fourth-order valence-electron chi connectivity index (χ4n) is 8.56. The highest BCUT2D eigenvalue weighted by molar-refractivity contribution is 5.59. The maximum Gasteiger partial charge on any atom is 0.203 e. The van der Waals surface area contributed by atoms with Crippen LogP contribution in [-0.2, 0) is 29.8 Å². The van der Waals surface area contributed by atoms with Crippen LogP contribution >= 0.6 is 0 Å². The molecule has 4 aliphatic heterocycles. The van der Waals surface area contributed by atoms with Gasteiger partial charge >= 0.3 is 0 Å². The van der Waals surface area contributed by atoms with Gasteiger partial charge in [0.15, 0.2) is 11.5 Å². The highest BCUT2D eigenvalue weighted by Gasteiger charge is 2.59. The summed E-state index contributed by atoms with van der Waals surface area (Å²) in [5.41, 5.74) is 2.94. The second kappa shape index (κ2) is 10.0. The predicted molar refractivity (Wildman–Crippen MR) is 152 cm³/mol. The van der Waals surface area contributed by atoms with E-state index >= 15 is 0 Å². The lowest BCUT2D eigenvalue weighted by Crippen LogP contribution is -2.56. The maximum atomic E-state index is 6.67. The molecule has 4 saturated heterocycles. The zero-order chi connectivity index (χ0) is 27.7. The van der Waals surface area contributed by atoms with Gasteiger partial charge in [0.05, 0.1) is 26.4 Å². The SMILES string of the molecule is c1cc(C23CC4CC(C2)CC(c2ccc(OCC5CO5)c(OCC5CO5)c2OCC2CO2)(C4)C3)ccc1OCC1CO1. The molecular formula is C34H40O8. The van der Waals surface area contributed by atoms with Gasteiger partial charge in [-0.2, -0.15) is 0 Å². The Morgan fingerprint density at radius 3 is 1.69 bits per heavy atom. The largest absolute Gasteiger partial charge is 0.491 e. The lowest BCUT2D eigenvalue weighted by atomic mass is 9.41. The molecule has 0 amide bonds. The molecule has 8 heteroatoms. The molecule has 0 N–H and O–H groups in total. The van der Waals surface area contributed by atoms with Crippen molar-refractivity contribution < 1.29 is 37.9 Å². The van der Waals surface area contributed by atoms with Crippen molar-refractivity contribution >= 4 is 0 Å². The third-order valence-corrected chi connectivity index (χ3v) is 10.5. The molecule has 10 rings (SSSR count). The summed E-state index contributed by atoms with van der Waals surface area (Å²) in [5.74, 6) is 4.65. The first kappa shape index (κ1) is 25.9. The zero-order valence-corrected chi connectivity index (χ0v) is 24.1. The first-order chi connectivity index (χ1) is 20.6. The summed E-state index contributed by atoms with van der Waals surface area (Å²) in [4.78, 5) is 0. The molecule has 0 spiro atoms. The lowest BCUT2D eigenvalue weighted by molar-refractivity contribution is -0.0293. The van der Waals surface area contributed by atoms with Gasteiger partial charge in [-0.05, 0) is 79.5 Å². The molecule has 8 aliphatic rings. The third-order valence-electron chi connectivity index (χ3n) is 10.5. The summed E-state index contributed by atoms with van der Waals surface area (Å²) in [6.07, 6.45) is 8.10. The highest BCUT2D eigenvalue weighted by Crippen LogP contribution is 2.68. The van der Waals surface area contributed by atoms with Gasteiger partial charge in [-0.3, -0.25) is 0 Å². The van der Waals surface area contributed by atoms with Crippen LogP contribution in [0, 0.1) is 11.8 Å². The quantitative estimate of drug-likeness (QED) is 0.302. The van der Waals surface area contributed by atoms with E-state index in [4.69, 9.17) is 37.9 Å². The minimum atomic E-state index is 0.0363. The second-order valence-electron chi connectivity index (χ2n) is 13.9. The van der Waals surface area contributed by atoms with Crippen LogP contribution in [0.15, 0.2) is 36.4 Å². The average molecular weight is 577 g/mol. The van der Waals surface area contributed by atoms with Crippen LogP contribution in [0.4, 0.5) is 0 Å². The normalized spacial score (nSPS) is 38.2. The number of hydrogen-bond acceptors (Lipinski definition) is 8. The molecule has 224 valence electrons. The zero-order valence-electron chi connectivity index (χ0n) is 24.1. The van der Waals surface area contributed by atoms with Gasteiger partial charge in [-0.15, -0.1) is 0 Å². The minimum absolute atomic E-state index is 0.0363. The van der Waals surface area contributed by atoms with Crippen molar-refractivity contribution in [3.05, 3.63) is 47.5 Å². The number of benzene rings is 2. The summed E-state index contributed by atoms with van der Waals surface area (Å²) in [7, 11) is 0. The van der Waals surface area contributed by atoms with E-state index in [9.17, 15) is 0 Å². The molecule has 6 unspecified atom stereocenters. The standard InChI is InChI=1S/C34H40O8/c1-3-24(35-12-25-13-36-25)4-2-23(1)33-8-21-7-22(9-33)11-34(10-21,20-33)29-5-6-30(40-17-26-14-37-26)32(42-19-28-16-39-28)31(29)41-18-27-15-38-27/h1-6,21-22,25-28H,7-20H2. The topological polar surface area (TPSA) is 87.0 Å². The molecule has 2 aromatic carbocycles. The van der Waals surface area contributed by atoms with Crippen molar-refractivity contribution in [3.8, 4) is 23.0 Å². The van der Waals surface area contributed by atoms with Gasteiger partial charge < -0.3 is 37.9 Å². The van der Waals surface area contributed by atoms with Crippen LogP contribution in [-0.4, -0.2) is 77.3 Å². The van der Waals surface area contributed by atoms with E-state index in [0.717, 1.165) is 55.8 Å². The van der Waals surface area contributed by atoms with Crippen molar-refractivity contribution in [1.29, 1.82) is 0 Å². The van der Waals surface area contributed by atoms with Crippen LogP contribution in [0.2, 0.25) is 0 Å². The molecule has 6 atom stereocenters. The molecule has 2 aromatic rings. The Morgan fingerprint density at radius 2 is 1.10 bits per heavy atom. The Morgan fingerprint density at radius 1 is 0.571 bits per heavy atom. The molecule has 0 radical (unpaired) electrons. The van der Waals surface area contributed by atoms with Crippen molar-refractivity contribution in [2.75, 3.05) is 52.9 Å². The molecule has 4 aliphatic carbocycles. The van der Waals surface area contributed by atoms with E-state index in [1.54, 1.807) is 0 Å². The predicted octanol–water partition coefficient (Wildman–Crippen LogP) is 4.59. The number of rotatable bonds is 14. The van der Waals surface area contributed by atoms with Crippen molar-refractivity contribution in [2.24, 2.45) is 11.8 Å². The van der Waals surface area contributed by atoms with Gasteiger partial charge in [-0.25, -0.2) is 0 Å². The summed E-state index contributed by atoms with van der Waals surface area (Å²) in [6, 6.07) is 13.4. The van der Waals surface area contributed by atoms with E-state index in [2.05, 4.69) is 36.4 Å².